The number of ether oxygens (including phenoxy) is 2. The number of carboxylic acid groups (broad SMARTS) is 2. The Morgan fingerprint density at radius 2 is 1.02 bits per heavy atom. The van der Waals surface area contributed by atoms with Crippen LogP contribution in [0.15, 0.2) is 36.4 Å². The standard InChI is InChI=1S/C28H38N4O8/c1-27(2,3)39-25(37)21-11-7-9-19(29-21)15-31(17-23(33)34)13-14-32(18-24(35)36)16-20-10-8-12-22(30-20)26(38)40-28(4,5)6/h7-12H,13-18H2,1-6H3,(H,33,34)(H,35,36). The number of aromatic nitrogens is 2. The van der Waals surface area contributed by atoms with E-state index in [0.717, 1.165) is 0 Å². The molecule has 0 bridgehead atoms. The van der Waals surface area contributed by atoms with Gasteiger partial charge in [-0.15, -0.1) is 0 Å². The van der Waals surface area contributed by atoms with E-state index in [4.69, 9.17) is 9.47 Å². The van der Waals surface area contributed by atoms with Crippen LogP contribution in [0.5, 0.6) is 0 Å². The molecule has 2 N–H and O–H groups in total. The van der Waals surface area contributed by atoms with Crippen molar-refractivity contribution in [2.24, 2.45) is 0 Å². The molecule has 0 spiro atoms. The summed E-state index contributed by atoms with van der Waals surface area (Å²) in [5.74, 6) is -3.32. The summed E-state index contributed by atoms with van der Waals surface area (Å²) in [6.45, 7) is 10.4. The Morgan fingerprint density at radius 3 is 1.32 bits per heavy atom. The Labute approximate surface area is 233 Å². The average Bonchev–Trinajstić information content (AvgIpc) is 2.80. The van der Waals surface area contributed by atoms with E-state index in [1.165, 1.54) is 12.1 Å². The van der Waals surface area contributed by atoms with E-state index in [-0.39, 0.29) is 50.7 Å². The van der Waals surface area contributed by atoms with Gasteiger partial charge < -0.3 is 19.7 Å². The predicted octanol–water partition coefficient (Wildman–Crippen LogP) is 2.86. The van der Waals surface area contributed by atoms with Crippen molar-refractivity contribution < 1.29 is 38.9 Å². The summed E-state index contributed by atoms with van der Waals surface area (Å²) in [6, 6.07) is 9.66. The SMILES string of the molecule is CC(C)(C)OC(=O)c1cccc(CN(CCN(CC(=O)O)Cc2cccc(C(=O)OC(C)(C)C)n2)CC(=O)O)n1. The summed E-state index contributed by atoms with van der Waals surface area (Å²) in [5, 5.41) is 18.9. The first-order valence-electron chi connectivity index (χ1n) is 12.8. The maximum atomic E-state index is 12.4. The van der Waals surface area contributed by atoms with Gasteiger partial charge in [-0.3, -0.25) is 19.4 Å². The molecule has 40 heavy (non-hydrogen) atoms. The smallest absolute Gasteiger partial charge is 0.357 e. The van der Waals surface area contributed by atoms with Crippen molar-refractivity contribution in [2.75, 3.05) is 26.2 Å². The number of esters is 2. The molecule has 0 radical (unpaired) electrons. The van der Waals surface area contributed by atoms with Crippen LogP contribution in [0.3, 0.4) is 0 Å². The van der Waals surface area contributed by atoms with Crippen molar-refractivity contribution in [3.05, 3.63) is 59.2 Å². The second-order valence-corrected chi connectivity index (χ2v) is 11.2. The molecule has 0 aliphatic carbocycles. The van der Waals surface area contributed by atoms with Crippen LogP contribution in [0.25, 0.3) is 0 Å². The van der Waals surface area contributed by atoms with Crippen LogP contribution in [0.4, 0.5) is 0 Å². The van der Waals surface area contributed by atoms with Gasteiger partial charge in [-0.1, -0.05) is 12.1 Å². The number of hydrogen-bond acceptors (Lipinski definition) is 10. The van der Waals surface area contributed by atoms with Gasteiger partial charge in [0.2, 0.25) is 0 Å². The van der Waals surface area contributed by atoms with Crippen LogP contribution in [-0.4, -0.2) is 91.2 Å². The number of carbonyl (C=O) groups excluding carboxylic acids is 2. The fourth-order valence-corrected chi connectivity index (χ4v) is 3.58. The molecule has 0 fully saturated rings. The first kappa shape index (κ1) is 32.3. The molecule has 0 saturated carbocycles. The lowest BCUT2D eigenvalue weighted by atomic mass is 10.2. The minimum absolute atomic E-state index is 0.103. The Morgan fingerprint density at radius 1 is 0.675 bits per heavy atom. The Kier molecular flexibility index (Phi) is 11.3. The third kappa shape index (κ3) is 12.3. The number of rotatable bonds is 13. The second-order valence-electron chi connectivity index (χ2n) is 11.2. The van der Waals surface area contributed by atoms with Crippen molar-refractivity contribution in [1.29, 1.82) is 0 Å². The van der Waals surface area contributed by atoms with Gasteiger partial charge in [0.1, 0.15) is 22.6 Å². The number of hydrogen-bond donors (Lipinski definition) is 2. The van der Waals surface area contributed by atoms with Crippen molar-refractivity contribution in [3.8, 4) is 0 Å². The van der Waals surface area contributed by atoms with Crippen molar-refractivity contribution >= 4 is 23.9 Å². The molecular formula is C28H38N4O8. The van der Waals surface area contributed by atoms with E-state index in [0.29, 0.717) is 11.4 Å². The highest BCUT2D eigenvalue weighted by Crippen LogP contribution is 2.14. The van der Waals surface area contributed by atoms with Gasteiger partial charge in [-0.2, -0.15) is 0 Å². The summed E-state index contributed by atoms with van der Waals surface area (Å²) < 4.78 is 10.7. The topological polar surface area (TPSA) is 159 Å². The van der Waals surface area contributed by atoms with Crippen LogP contribution in [0.2, 0.25) is 0 Å². The lowest BCUT2D eigenvalue weighted by Gasteiger charge is -2.26. The van der Waals surface area contributed by atoms with Gasteiger partial charge in [0, 0.05) is 26.2 Å². The minimum Gasteiger partial charge on any atom is -0.480 e. The highest BCUT2D eigenvalue weighted by Gasteiger charge is 2.22. The molecule has 12 heteroatoms. The maximum Gasteiger partial charge on any atom is 0.357 e. The molecule has 2 aromatic rings. The summed E-state index contributed by atoms with van der Waals surface area (Å²) in [5.41, 5.74) is -0.266. The normalized spacial score (nSPS) is 11.9. The number of carboxylic acids is 2. The molecule has 0 saturated heterocycles. The van der Waals surface area contributed by atoms with Crippen LogP contribution in [-0.2, 0) is 32.2 Å². The van der Waals surface area contributed by atoms with Gasteiger partial charge in [0.15, 0.2) is 0 Å². The average molecular weight is 559 g/mol. The second kappa shape index (κ2) is 13.9. The summed E-state index contributed by atoms with van der Waals surface area (Å²) in [4.78, 5) is 59.7. The van der Waals surface area contributed by atoms with E-state index in [1.54, 1.807) is 75.6 Å². The van der Waals surface area contributed by atoms with Crippen LogP contribution in [0.1, 0.15) is 73.9 Å². The molecule has 0 atom stereocenters. The summed E-state index contributed by atoms with van der Waals surface area (Å²) in [7, 11) is 0. The van der Waals surface area contributed by atoms with E-state index in [9.17, 15) is 29.4 Å². The van der Waals surface area contributed by atoms with Crippen LogP contribution < -0.4 is 0 Å². The molecule has 2 heterocycles. The highest BCUT2D eigenvalue weighted by atomic mass is 16.6. The minimum atomic E-state index is -1.07. The zero-order valence-electron chi connectivity index (χ0n) is 23.8. The van der Waals surface area contributed by atoms with Gasteiger partial charge >= 0.3 is 23.9 Å². The van der Waals surface area contributed by atoms with Crippen molar-refractivity contribution in [3.63, 3.8) is 0 Å². The number of carbonyl (C=O) groups is 4. The van der Waals surface area contributed by atoms with Gasteiger partial charge in [-0.25, -0.2) is 19.6 Å². The molecule has 0 amide bonds. The van der Waals surface area contributed by atoms with E-state index < -0.39 is 35.1 Å². The molecule has 218 valence electrons. The lowest BCUT2D eigenvalue weighted by Crippen LogP contribution is -2.39. The fourth-order valence-electron chi connectivity index (χ4n) is 3.58. The molecular weight excluding hydrogens is 520 g/mol. The quantitative estimate of drug-likeness (QED) is 0.347. The Balaban J connectivity index is 2.15. The highest BCUT2D eigenvalue weighted by molar-refractivity contribution is 5.88. The van der Waals surface area contributed by atoms with Gasteiger partial charge in [0.05, 0.1) is 24.5 Å². The van der Waals surface area contributed by atoms with Crippen LogP contribution in [0, 0.1) is 0 Å². The third-order valence-electron chi connectivity index (χ3n) is 5.05. The largest absolute Gasteiger partial charge is 0.480 e. The van der Waals surface area contributed by atoms with E-state index >= 15 is 0 Å². The predicted molar refractivity (Wildman–Crippen MR) is 145 cm³/mol. The fraction of sp³-hybridized carbons (Fsp3) is 0.500. The molecule has 0 aliphatic heterocycles. The zero-order chi connectivity index (χ0) is 30.1. The van der Waals surface area contributed by atoms with Crippen LogP contribution >= 0.6 is 0 Å². The molecule has 2 aromatic heterocycles. The zero-order valence-corrected chi connectivity index (χ0v) is 23.8. The molecule has 2 rings (SSSR count). The first-order valence-corrected chi connectivity index (χ1v) is 12.8. The van der Waals surface area contributed by atoms with E-state index in [2.05, 4.69) is 9.97 Å². The monoisotopic (exact) mass is 558 g/mol. The van der Waals surface area contributed by atoms with E-state index in [1.807, 2.05) is 0 Å². The third-order valence-corrected chi connectivity index (χ3v) is 5.05. The van der Waals surface area contributed by atoms with Crippen molar-refractivity contribution in [1.82, 2.24) is 19.8 Å². The summed E-state index contributed by atoms with van der Waals surface area (Å²) >= 11 is 0. The van der Waals surface area contributed by atoms with Gasteiger partial charge in [-0.05, 0) is 65.8 Å². The number of pyridine rings is 2. The Hall–Kier alpha value is -3.90. The first-order chi connectivity index (χ1) is 18.5. The number of nitrogens with zero attached hydrogens (tertiary/aromatic N) is 4. The molecule has 0 aromatic carbocycles. The molecule has 0 unspecified atom stereocenters. The lowest BCUT2D eigenvalue weighted by molar-refractivity contribution is -0.140. The summed E-state index contributed by atoms with van der Waals surface area (Å²) in [6.07, 6.45) is 0. The Bertz CT molecular complexity index is 1110. The molecule has 0 aliphatic rings. The molecule has 12 nitrogen and oxygen atoms in total. The van der Waals surface area contributed by atoms with Gasteiger partial charge in [0.25, 0.3) is 0 Å². The maximum absolute atomic E-state index is 12.4. The number of aliphatic carboxylic acids is 2. The van der Waals surface area contributed by atoms with Crippen molar-refractivity contribution in [2.45, 2.75) is 65.8 Å².